The standard InChI is InChI=1S/C19H17N3O4/c1-10-8-12(22(25)26)9-14-17(10)21(3)18(23)19(14,24)16-11(2)20-15-7-5-4-6-13(15)16/h4-9,20,24H,1-3H3/t19-/m1/s1. The molecule has 0 spiro atoms. The van der Waals surface area contributed by atoms with E-state index in [4.69, 9.17) is 0 Å². The number of hydrogen-bond acceptors (Lipinski definition) is 4. The van der Waals surface area contributed by atoms with E-state index in [1.165, 1.54) is 17.0 Å². The quantitative estimate of drug-likeness (QED) is 0.548. The second-order valence-corrected chi connectivity index (χ2v) is 6.66. The van der Waals surface area contributed by atoms with Crippen LogP contribution in [0.3, 0.4) is 0 Å². The number of benzene rings is 2. The number of nitrogens with zero attached hydrogens (tertiary/aromatic N) is 2. The first kappa shape index (κ1) is 16.3. The summed E-state index contributed by atoms with van der Waals surface area (Å²) in [5, 5.41) is 23.6. The van der Waals surface area contributed by atoms with Crippen molar-refractivity contribution in [1.29, 1.82) is 0 Å². The molecule has 1 aliphatic heterocycles. The van der Waals surface area contributed by atoms with Crippen molar-refractivity contribution in [3.05, 3.63) is 68.9 Å². The summed E-state index contributed by atoms with van der Waals surface area (Å²) in [6, 6.07) is 10.1. The number of nitro benzene ring substituents is 1. The van der Waals surface area contributed by atoms with Crippen LogP contribution in [0.25, 0.3) is 10.9 Å². The Balaban J connectivity index is 2.11. The molecule has 7 heteroatoms. The number of H-pyrrole nitrogens is 1. The summed E-state index contributed by atoms with van der Waals surface area (Å²) in [6.45, 7) is 3.48. The number of para-hydroxylation sites is 1. The number of aromatic nitrogens is 1. The van der Waals surface area contributed by atoms with Gasteiger partial charge in [-0.1, -0.05) is 18.2 Å². The third kappa shape index (κ3) is 1.89. The molecule has 0 saturated carbocycles. The van der Waals surface area contributed by atoms with E-state index in [1.807, 2.05) is 24.3 Å². The summed E-state index contributed by atoms with van der Waals surface area (Å²) >= 11 is 0. The fraction of sp³-hybridized carbons (Fsp3) is 0.211. The number of fused-ring (bicyclic) bond motifs is 2. The maximum Gasteiger partial charge on any atom is 0.270 e. The van der Waals surface area contributed by atoms with E-state index >= 15 is 0 Å². The highest BCUT2D eigenvalue weighted by Crippen LogP contribution is 2.49. The number of aryl methyl sites for hydroxylation is 2. The first-order valence-corrected chi connectivity index (χ1v) is 8.14. The molecule has 132 valence electrons. The van der Waals surface area contributed by atoms with Crippen LogP contribution in [0, 0.1) is 24.0 Å². The largest absolute Gasteiger partial charge is 0.372 e. The molecule has 7 nitrogen and oxygen atoms in total. The van der Waals surface area contributed by atoms with E-state index in [-0.39, 0.29) is 11.3 Å². The Hall–Kier alpha value is -3.19. The molecule has 2 heterocycles. The van der Waals surface area contributed by atoms with E-state index in [1.54, 1.807) is 20.9 Å². The minimum atomic E-state index is -1.98. The lowest BCUT2D eigenvalue weighted by Crippen LogP contribution is -2.39. The van der Waals surface area contributed by atoms with E-state index in [2.05, 4.69) is 4.98 Å². The average molecular weight is 351 g/mol. The molecule has 2 aromatic carbocycles. The van der Waals surface area contributed by atoms with Crippen molar-refractivity contribution in [2.45, 2.75) is 19.4 Å². The number of carbonyl (C=O) groups excluding carboxylic acids is 1. The van der Waals surface area contributed by atoms with Crippen LogP contribution in [0.2, 0.25) is 0 Å². The van der Waals surface area contributed by atoms with Crippen LogP contribution in [0.1, 0.15) is 22.4 Å². The van der Waals surface area contributed by atoms with Crippen molar-refractivity contribution in [3.63, 3.8) is 0 Å². The summed E-state index contributed by atoms with van der Waals surface area (Å²) in [5.74, 6) is -0.524. The van der Waals surface area contributed by atoms with Crippen LogP contribution in [0.15, 0.2) is 36.4 Å². The Morgan fingerprint density at radius 1 is 1.23 bits per heavy atom. The molecule has 0 fully saturated rings. The number of aromatic amines is 1. The molecule has 0 bridgehead atoms. The molecule has 2 N–H and O–H groups in total. The summed E-state index contributed by atoms with van der Waals surface area (Å²) in [4.78, 5) is 28.5. The fourth-order valence-corrected chi connectivity index (χ4v) is 4.03. The number of nitro groups is 1. The first-order valence-electron chi connectivity index (χ1n) is 8.14. The van der Waals surface area contributed by atoms with E-state index in [0.29, 0.717) is 27.9 Å². The highest BCUT2D eigenvalue weighted by molar-refractivity contribution is 6.12. The van der Waals surface area contributed by atoms with Crippen LogP contribution in [0.5, 0.6) is 0 Å². The van der Waals surface area contributed by atoms with Crippen LogP contribution in [0.4, 0.5) is 11.4 Å². The second-order valence-electron chi connectivity index (χ2n) is 6.66. The lowest BCUT2D eigenvalue weighted by atomic mass is 9.85. The average Bonchev–Trinajstić information content (AvgIpc) is 3.03. The SMILES string of the molecule is Cc1cc([N+](=O)[O-])cc2c1N(C)C(=O)[C@]2(O)c1c(C)[nH]c2ccccc12. The lowest BCUT2D eigenvalue weighted by molar-refractivity contribution is -0.385. The molecular formula is C19H17N3O4. The zero-order chi connectivity index (χ0) is 18.8. The number of aliphatic hydroxyl groups is 1. The summed E-state index contributed by atoms with van der Waals surface area (Å²) in [5.41, 5.74) is 1.05. The summed E-state index contributed by atoms with van der Waals surface area (Å²) < 4.78 is 0. The van der Waals surface area contributed by atoms with Gasteiger partial charge in [-0.3, -0.25) is 14.9 Å². The van der Waals surface area contributed by atoms with Gasteiger partial charge in [0.25, 0.3) is 11.6 Å². The van der Waals surface area contributed by atoms with Gasteiger partial charge in [-0.05, 0) is 25.5 Å². The number of hydrogen-bond donors (Lipinski definition) is 2. The summed E-state index contributed by atoms with van der Waals surface area (Å²) in [7, 11) is 1.57. The minimum Gasteiger partial charge on any atom is -0.372 e. The van der Waals surface area contributed by atoms with Gasteiger partial charge in [0, 0.05) is 46.9 Å². The Morgan fingerprint density at radius 2 is 1.92 bits per heavy atom. The molecule has 4 rings (SSSR count). The Morgan fingerprint density at radius 3 is 2.62 bits per heavy atom. The van der Waals surface area contributed by atoms with Crippen molar-refractivity contribution in [1.82, 2.24) is 4.98 Å². The van der Waals surface area contributed by atoms with Crippen LogP contribution >= 0.6 is 0 Å². The molecule has 1 aliphatic rings. The molecule has 0 unspecified atom stereocenters. The van der Waals surface area contributed by atoms with Crippen molar-refractivity contribution in [2.24, 2.45) is 0 Å². The third-order valence-electron chi connectivity index (χ3n) is 5.09. The topological polar surface area (TPSA) is 99.5 Å². The Bertz CT molecular complexity index is 1100. The normalized spacial score (nSPS) is 19.2. The molecule has 1 atom stereocenters. The van der Waals surface area contributed by atoms with Gasteiger partial charge in [-0.15, -0.1) is 0 Å². The van der Waals surface area contributed by atoms with Crippen LogP contribution < -0.4 is 4.90 Å². The zero-order valence-electron chi connectivity index (χ0n) is 14.5. The van der Waals surface area contributed by atoms with Gasteiger partial charge < -0.3 is 15.0 Å². The molecule has 0 saturated heterocycles. The smallest absolute Gasteiger partial charge is 0.270 e. The molecular weight excluding hydrogens is 334 g/mol. The number of carbonyl (C=O) groups is 1. The highest BCUT2D eigenvalue weighted by atomic mass is 16.6. The number of likely N-dealkylation sites (N-methyl/N-ethyl adjacent to an activating group) is 1. The number of amides is 1. The first-order chi connectivity index (χ1) is 12.3. The monoisotopic (exact) mass is 351 g/mol. The van der Waals surface area contributed by atoms with E-state index < -0.39 is 16.4 Å². The van der Waals surface area contributed by atoms with Crippen LogP contribution in [-0.2, 0) is 10.4 Å². The Labute approximate surface area is 149 Å². The van der Waals surface area contributed by atoms with Gasteiger partial charge in [-0.25, -0.2) is 0 Å². The van der Waals surface area contributed by atoms with Crippen molar-refractivity contribution in [3.8, 4) is 0 Å². The predicted octanol–water partition coefficient (Wildman–Crippen LogP) is 2.91. The molecule has 26 heavy (non-hydrogen) atoms. The zero-order valence-corrected chi connectivity index (χ0v) is 14.5. The lowest BCUT2D eigenvalue weighted by Gasteiger charge is -2.22. The van der Waals surface area contributed by atoms with Gasteiger partial charge >= 0.3 is 0 Å². The molecule has 1 aromatic heterocycles. The number of anilines is 1. The fourth-order valence-electron chi connectivity index (χ4n) is 4.03. The molecule has 1 amide bonds. The Kier molecular flexibility index (Phi) is 3.23. The minimum absolute atomic E-state index is 0.153. The van der Waals surface area contributed by atoms with E-state index in [9.17, 15) is 20.0 Å². The van der Waals surface area contributed by atoms with Gasteiger partial charge in [0.05, 0.1) is 10.6 Å². The van der Waals surface area contributed by atoms with Gasteiger partial charge in [0.15, 0.2) is 5.60 Å². The third-order valence-corrected chi connectivity index (χ3v) is 5.09. The highest BCUT2D eigenvalue weighted by Gasteiger charge is 2.53. The molecule has 3 aromatic rings. The number of non-ortho nitro benzene ring substituents is 1. The maximum atomic E-state index is 13.1. The second kappa shape index (κ2) is 5.15. The maximum absolute atomic E-state index is 13.1. The predicted molar refractivity (Wildman–Crippen MR) is 97.3 cm³/mol. The van der Waals surface area contributed by atoms with E-state index in [0.717, 1.165) is 5.52 Å². The van der Waals surface area contributed by atoms with Crippen LogP contribution in [-0.4, -0.2) is 28.0 Å². The summed E-state index contributed by atoms with van der Waals surface area (Å²) in [6.07, 6.45) is 0. The number of rotatable bonds is 2. The van der Waals surface area contributed by atoms with Crippen molar-refractivity contribution >= 4 is 28.2 Å². The molecule has 0 aliphatic carbocycles. The molecule has 0 radical (unpaired) electrons. The van der Waals surface area contributed by atoms with Crippen molar-refractivity contribution < 1.29 is 14.8 Å². The number of nitrogens with one attached hydrogen (secondary N) is 1. The van der Waals surface area contributed by atoms with Crippen molar-refractivity contribution in [2.75, 3.05) is 11.9 Å². The van der Waals surface area contributed by atoms with Gasteiger partial charge in [0.2, 0.25) is 0 Å². The van der Waals surface area contributed by atoms with Gasteiger partial charge in [0.1, 0.15) is 0 Å². The van der Waals surface area contributed by atoms with Gasteiger partial charge in [-0.2, -0.15) is 0 Å².